The van der Waals surface area contributed by atoms with E-state index in [9.17, 15) is 4.79 Å². The first kappa shape index (κ1) is 18.6. The number of H-pyrrole nitrogens is 1. The molecule has 0 fully saturated rings. The molecule has 0 aliphatic rings. The molecule has 0 radical (unpaired) electrons. The van der Waals surface area contributed by atoms with Crippen LogP contribution in [-0.4, -0.2) is 26.4 Å². The van der Waals surface area contributed by atoms with Gasteiger partial charge in [-0.15, -0.1) is 0 Å². The van der Waals surface area contributed by atoms with E-state index in [-0.39, 0.29) is 11.0 Å². The van der Waals surface area contributed by atoms with E-state index in [4.69, 9.17) is 16.0 Å². The van der Waals surface area contributed by atoms with Crippen LogP contribution in [0.4, 0.5) is 0 Å². The van der Waals surface area contributed by atoms with Crippen molar-refractivity contribution in [1.82, 2.24) is 19.9 Å². The number of nitrogens with zero attached hydrogens (tertiary/aromatic N) is 3. The van der Waals surface area contributed by atoms with Crippen molar-refractivity contribution in [3.05, 3.63) is 57.2 Å². The molecule has 1 aromatic carbocycles. The Kier molecular flexibility index (Phi) is 5.16. The Hall–Kier alpha value is -2.18. The zero-order valence-corrected chi connectivity index (χ0v) is 16.2. The van der Waals surface area contributed by atoms with Gasteiger partial charge in [-0.05, 0) is 24.7 Å². The number of oxazole rings is 1. The molecule has 26 heavy (non-hydrogen) atoms. The van der Waals surface area contributed by atoms with Gasteiger partial charge in [0, 0.05) is 10.4 Å². The number of fused-ring (bicyclic) bond motifs is 1. The SMILES string of the molecule is CCN(Cc1nc2cc(Cl)ccc2c(=O)[nH]1)Cc1ncc(C(C)(C)C)o1. The summed E-state index contributed by atoms with van der Waals surface area (Å²) in [5.74, 6) is 2.10. The van der Waals surface area contributed by atoms with Crippen LogP contribution in [0.5, 0.6) is 0 Å². The maximum atomic E-state index is 12.3. The third-order valence-corrected chi connectivity index (χ3v) is 4.42. The molecule has 3 aromatic rings. The quantitative estimate of drug-likeness (QED) is 0.733. The van der Waals surface area contributed by atoms with Gasteiger partial charge in [0.25, 0.3) is 5.56 Å². The lowest BCUT2D eigenvalue weighted by Gasteiger charge is -2.18. The first-order valence-electron chi connectivity index (χ1n) is 8.62. The van der Waals surface area contributed by atoms with Crippen LogP contribution in [0.25, 0.3) is 10.9 Å². The highest BCUT2D eigenvalue weighted by Gasteiger charge is 2.20. The summed E-state index contributed by atoms with van der Waals surface area (Å²) in [5, 5.41) is 1.09. The van der Waals surface area contributed by atoms with E-state index < -0.39 is 0 Å². The molecule has 0 aliphatic carbocycles. The summed E-state index contributed by atoms with van der Waals surface area (Å²) in [6.45, 7) is 10.1. The molecule has 7 heteroatoms. The molecule has 0 bridgehead atoms. The molecule has 138 valence electrons. The van der Waals surface area contributed by atoms with Crippen LogP contribution < -0.4 is 5.56 Å². The van der Waals surface area contributed by atoms with Crippen molar-refractivity contribution in [2.45, 2.75) is 46.2 Å². The Balaban J connectivity index is 1.81. The molecular weight excluding hydrogens is 352 g/mol. The van der Waals surface area contributed by atoms with E-state index in [0.29, 0.717) is 40.7 Å². The predicted octanol–water partition coefficient (Wildman–Crippen LogP) is 3.88. The van der Waals surface area contributed by atoms with E-state index >= 15 is 0 Å². The lowest BCUT2D eigenvalue weighted by molar-refractivity contribution is 0.230. The van der Waals surface area contributed by atoms with Gasteiger partial charge in [0.2, 0.25) is 5.89 Å². The topological polar surface area (TPSA) is 75.0 Å². The zero-order chi connectivity index (χ0) is 18.9. The summed E-state index contributed by atoms with van der Waals surface area (Å²) >= 11 is 6.02. The zero-order valence-electron chi connectivity index (χ0n) is 15.5. The molecule has 0 amide bonds. The predicted molar refractivity (Wildman–Crippen MR) is 102 cm³/mol. The van der Waals surface area contributed by atoms with Gasteiger partial charge in [0.05, 0.1) is 30.2 Å². The van der Waals surface area contributed by atoms with Crippen LogP contribution in [0, 0.1) is 0 Å². The summed E-state index contributed by atoms with van der Waals surface area (Å²) in [7, 11) is 0. The largest absolute Gasteiger partial charge is 0.444 e. The second kappa shape index (κ2) is 7.21. The van der Waals surface area contributed by atoms with Gasteiger partial charge in [-0.2, -0.15) is 0 Å². The van der Waals surface area contributed by atoms with Gasteiger partial charge < -0.3 is 9.40 Å². The number of benzene rings is 1. The smallest absolute Gasteiger partial charge is 0.258 e. The van der Waals surface area contributed by atoms with Crippen molar-refractivity contribution in [2.24, 2.45) is 0 Å². The van der Waals surface area contributed by atoms with Gasteiger partial charge in [-0.3, -0.25) is 9.69 Å². The summed E-state index contributed by atoms with van der Waals surface area (Å²) in [4.78, 5) is 26.1. The van der Waals surface area contributed by atoms with Gasteiger partial charge in [-0.25, -0.2) is 9.97 Å². The molecule has 0 saturated heterocycles. The van der Waals surface area contributed by atoms with Crippen LogP contribution in [0.15, 0.2) is 33.6 Å². The van der Waals surface area contributed by atoms with Crippen LogP contribution in [0.3, 0.4) is 0 Å². The average molecular weight is 375 g/mol. The Morgan fingerprint density at radius 3 is 2.69 bits per heavy atom. The number of halogens is 1. The first-order chi connectivity index (χ1) is 12.3. The Morgan fingerprint density at radius 1 is 1.27 bits per heavy atom. The molecule has 1 N–H and O–H groups in total. The third-order valence-electron chi connectivity index (χ3n) is 4.19. The standard InChI is InChI=1S/C19H23ClN4O2/c1-5-24(11-17-21-9-15(26-17)19(2,3)4)10-16-22-14-8-12(20)6-7-13(14)18(25)23-16/h6-9H,5,10-11H2,1-4H3,(H,22,23,25). The highest BCUT2D eigenvalue weighted by atomic mass is 35.5. The first-order valence-corrected chi connectivity index (χ1v) is 9.00. The van der Waals surface area contributed by atoms with E-state index in [0.717, 1.165) is 12.3 Å². The van der Waals surface area contributed by atoms with Gasteiger partial charge >= 0.3 is 0 Å². The van der Waals surface area contributed by atoms with E-state index in [2.05, 4.69) is 40.6 Å². The Labute approximate surface area is 157 Å². The van der Waals surface area contributed by atoms with Gasteiger partial charge in [-0.1, -0.05) is 39.3 Å². The molecule has 0 unspecified atom stereocenters. The fourth-order valence-electron chi connectivity index (χ4n) is 2.65. The summed E-state index contributed by atoms with van der Waals surface area (Å²) in [6.07, 6.45) is 1.78. The van der Waals surface area contributed by atoms with E-state index in [1.165, 1.54) is 0 Å². The highest BCUT2D eigenvalue weighted by Crippen LogP contribution is 2.23. The Bertz CT molecular complexity index is 972. The van der Waals surface area contributed by atoms with Crippen molar-refractivity contribution in [2.75, 3.05) is 6.54 Å². The molecule has 3 rings (SSSR count). The van der Waals surface area contributed by atoms with Crippen molar-refractivity contribution in [3.63, 3.8) is 0 Å². The van der Waals surface area contributed by atoms with Gasteiger partial charge in [0.15, 0.2) is 0 Å². The number of hydrogen-bond acceptors (Lipinski definition) is 5. The lowest BCUT2D eigenvalue weighted by Crippen LogP contribution is -2.25. The molecule has 0 spiro atoms. The minimum absolute atomic E-state index is 0.0767. The van der Waals surface area contributed by atoms with Crippen molar-refractivity contribution >= 4 is 22.5 Å². The minimum atomic E-state index is -0.163. The molecular formula is C19H23ClN4O2. The average Bonchev–Trinajstić information content (AvgIpc) is 3.02. The summed E-state index contributed by atoms with van der Waals surface area (Å²) in [5.41, 5.74) is 0.356. The maximum Gasteiger partial charge on any atom is 0.258 e. The second-order valence-electron chi connectivity index (χ2n) is 7.35. The monoisotopic (exact) mass is 374 g/mol. The molecule has 6 nitrogen and oxygen atoms in total. The summed E-state index contributed by atoms with van der Waals surface area (Å²) in [6, 6.07) is 5.08. The maximum absolute atomic E-state index is 12.3. The number of aromatic nitrogens is 3. The van der Waals surface area contributed by atoms with Crippen molar-refractivity contribution < 1.29 is 4.42 Å². The summed E-state index contributed by atoms with van der Waals surface area (Å²) < 4.78 is 5.87. The molecule has 0 aliphatic heterocycles. The van der Waals surface area contributed by atoms with Gasteiger partial charge in [0.1, 0.15) is 11.6 Å². The Morgan fingerprint density at radius 2 is 2.04 bits per heavy atom. The van der Waals surface area contributed by atoms with Crippen LogP contribution in [-0.2, 0) is 18.5 Å². The lowest BCUT2D eigenvalue weighted by atomic mass is 9.94. The molecule has 0 saturated carbocycles. The normalized spacial score (nSPS) is 12.2. The number of rotatable bonds is 5. The van der Waals surface area contributed by atoms with Crippen molar-refractivity contribution in [3.8, 4) is 0 Å². The minimum Gasteiger partial charge on any atom is -0.444 e. The van der Waals surface area contributed by atoms with Crippen molar-refractivity contribution in [1.29, 1.82) is 0 Å². The fourth-order valence-corrected chi connectivity index (χ4v) is 2.81. The molecule has 0 atom stereocenters. The van der Waals surface area contributed by atoms with Crippen LogP contribution in [0.1, 0.15) is 45.2 Å². The van der Waals surface area contributed by atoms with Crippen LogP contribution >= 0.6 is 11.6 Å². The number of hydrogen-bond donors (Lipinski definition) is 1. The number of nitrogens with one attached hydrogen (secondary N) is 1. The third kappa shape index (κ3) is 4.14. The molecule has 2 heterocycles. The number of aromatic amines is 1. The fraction of sp³-hybridized carbons (Fsp3) is 0.421. The second-order valence-corrected chi connectivity index (χ2v) is 7.78. The van der Waals surface area contributed by atoms with Crippen LogP contribution in [0.2, 0.25) is 5.02 Å². The highest BCUT2D eigenvalue weighted by molar-refractivity contribution is 6.31. The molecule has 2 aromatic heterocycles. The van der Waals surface area contributed by atoms with E-state index in [1.54, 1.807) is 24.4 Å². The van der Waals surface area contributed by atoms with E-state index in [1.807, 2.05) is 6.92 Å².